The molecule has 122 valence electrons. The fourth-order valence-electron chi connectivity index (χ4n) is 2.91. The third-order valence-corrected chi connectivity index (χ3v) is 4.05. The molecular weight excluding hydrogens is 310 g/mol. The Morgan fingerprint density at radius 3 is 2.62 bits per heavy atom. The number of methoxy groups -OCH3 is 2. The van der Waals surface area contributed by atoms with Crippen molar-refractivity contribution in [2.24, 2.45) is 0 Å². The van der Waals surface area contributed by atoms with E-state index in [0.717, 1.165) is 5.56 Å². The van der Waals surface area contributed by atoms with Crippen LogP contribution >= 0.6 is 0 Å². The Hall–Kier alpha value is -3.15. The van der Waals surface area contributed by atoms with Gasteiger partial charge in [0.2, 0.25) is 0 Å². The Kier molecular flexibility index (Phi) is 3.30. The lowest BCUT2D eigenvalue weighted by atomic mass is 10.1. The number of cyclic esters (lactones) is 1. The smallest absolute Gasteiger partial charge is 0.420 e. The average molecular weight is 325 g/mol. The van der Waals surface area contributed by atoms with Crippen molar-refractivity contribution >= 4 is 11.8 Å². The van der Waals surface area contributed by atoms with Crippen molar-refractivity contribution in [3.63, 3.8) is 0 Å². The predicted molar refractivity (Wildman–Crippen MR) is 86.4 cm³/mol. The number of amides is 1. The number of nitrogens with zero attached hydrogens (tertiary/aromatic N) is 1. The van der Waals surface area contributed by atoms with E-state index in [2.05, 4.69) is 0 Å². The number of fused-ring (bicyclic) bond motifs is 3. The molecule has 2 heterocycles. The lowest BCUT2D eigenvalue weighted by Crippen LogP contribution is -2.25. The SMILES string of the molecule is COc1ccc(C2OC(=O)N3C2=COc2ccccc23)cc1OC. The summed E-state index contributed by atoms with van der Waals surface area (Å²) in [5, 5.41) is 0. The number of hydrogen-bond donors (Lipinski definition) is 0. The van der Waals surface area contributed by atoms with E-state index in [1.807, 2.05) is 24.3 Å². The van der Waals surface area contributed by atoms with Gasteiger partial charge in [-0.1, -0.05) is 18.2 Å². The van der Waals surface area contributed by atoms with Crippen LogP contribution in [-0.2, 0) is 4.74 Å². The van der Waals surface area contributed by atoms with Crippen LogP contribution in [0.5, 0.6) is 17.2 Å². The molecule has 2 aliphatic heterocycles. The zero-order chi connectivity index (χ0) is 16.7. The fourth-order valence-corrected chi connectivity index (χ4v) is 2.91. The van der Waals surface area contributed by atoms with Crippen LogP contribution in [0.1, 0.15) is 11.7 Å². The van der Waals surface area contributed by atoms with Gasteiger partial charge in [-0.2, -0.15) is 0 Å². The van der Waals surface area contributed by atoms with Gasteiger partial charge in [-0.3, -0.25) is 0 Å². The van der Waals surface area contributed by atoms with Gasteiger partial charge in [-0.25, -0.2) is 9.69 Å². The van der Waals surface area contributed by atoms with Crippen LogP contribution in [0.15, 0.2) is 54.4 Å². The number of ether oxygens (including phenoxy) is 4. The summed E-state index contributed by atoms with van der Waals surface area (Å²) in [5.74, 6) is 1.80. The highest BCUT2D eigenvalue weighted by Crippen LogP contribution is 2.46. The number of carbonyl (C=O) groups excluding carboxylic acids is 1. The normalized spacial score (nSPS) is 18.1. The monoisotopic (exact) mass is 325 g/mol. The summed E-state index contributed by atoms with van der Waals surface area (Å²) in [5.41, 5.74) is 2.08. The molecule has 1 amide bonds. The highest BCUT2D eigenvalue weighted by atomic mass is 16.6. The van der Waals surface area contributed by atoms with Crippen molar-refractivity contribution in [3.05, 3.63) is 60.0 Å². The second-order valence-electron chi connectivity index (χ2n) is 5.34. The van der Waals surface area contributed by atoms with Gasteiger partial charge >= 0.3 is 6.09 Å². The van der Waals surface area contributed by atoms with E-state index in [0.29, 0.717) is 28.6 Å². The van der Waals surface area contributed by atoms with Crippen LogP contribution in [0, 0.1) is 0 Å². The summed E-state index contributed by atoms with van der Waals surface area (Å²) in [6.45, 7) is 0. The van der Waals surface area contributed by atoms with Crippen molar-refractivity contribution in [2.45, 2.75) is 6.10 Å². The van der Waals surface area contributed by atoms with Gasteiger partial charge in [-0.15, -0.1) is 0 Å². The van der Waals surface area contributed by atoms with Crippen LogP contribution in [0.4, 0.5) is 10.5 Å². The average Bonchev–Trinajstić information content (AvgIpc) is 2.98. The Balaban J connectivity index is 1.75. The molecule has 1 unspecified atom stereocenters. The second kappa shape index (κ2) is 5.49. The molecule has 1 saturated heterocycles. The molecule has 4 rings (SSSR count). The lowest BCUT2D eigenvalue weighted by Gasteiger charge is -2.23. The van der Waals surface area contributed by atoms with Gasteiger partial charge in [0.1, 0.15) is 12.0 Å². The van der Waals surface area contributed by atoms with Gasteiger partial charge in [0.05, 0.1) is 19.9 Å². The van der Waals surface area contributed by atoms with Crippen molar-refractivity contribution in [1.82, 2.24) is 0 Å². The molecule has 0 bridgehead atoms. The van der Waals surface area contributed by atoms with E-state index >= 15 is 0 Å². The minimum absolute atomic E-state index is 0.434. The molecule has 6 heteroatoms. The summed E-state index contributed by atoms with van der Waals surface area (Å²) in [6.07, 6.45) is 0.552. The standard InChI is InChI=1S/C18H15NO5/c1-21-15-8-7-11(9-16(15)22-2)17-13-10-23-14-6-4-3-5-12(14)19(13)18(20)24-17/h3-10,17H,1-2H3. The van der Waals surface area contributed by atoms with E-state index in [1.54, 1.807) is 38.7 Å². The fraction of sp³-hybridized carbons (Fsp3) is 0.167. The third kappa shape index (κ3) is 2.07. The summed E-state index contributed by atoms with van der Waals surface area (Å²) < 4.78 is 21.8. The molecule has 0 saturated carbocycles. The molecule has 0 N–H and O–H groups in total. The third-order valence-electron chi connectivity index (χ3n) is 4.05. The largest absolute Gasteiger partial charge is 0.493 e. The minimum atomic E-state index is -0.564. The second-order valence-corrected chi connectivity index (χ2v) is 5.34. The molecule has 6 nitrogen and oxygen atoms in total. The van der Waals surface area contributed by atoms with Crippen LogP contribution in [0.2, 0.25) is 0 Å². The van der Waals surface area contributed by atoms with E-state index in [-0.39, 0.29) is 0 Å². The maximum Gasteiger partial charge on any atom is 0.420 e. The molecule has 2 aromatic carbocycles. The Bertz CT molecular complexity index is 845. The Morgan fingerprint density at radius 2 is 1.83 bits per heavy atom. The van der Waals surface area contributed by atoms with Gasteiger partial charge in [0.25, 0.3) is 0 Å². The molecule has 1 atom stereocenters. The highest BCUT2D eigenvalue weighted by Gasteiger charge is 2.42. The molecule has 0 spiro atoms. The molecular formula is C18H15NO5. The quantitative estimate of drug-likeness (QED) is 0.862. The topological polar surface area (TPSA) is 57.2 Å². The first-order valence-corrected chi connectivity index (χ1v) is 7.41. The molecule has 2 aliphatic rings. The first-order chi connectivity index (χ1) is 11.7. The van der Waals surface area contributed by atoms with Crippen molar-refractivity contribution in [3.8, 4) is 17.2 Å². The summed E-state index contributed by atoms with van der Waals surface area (Å²) >= 11 is 0. The summed E-state index contributed by atoms with van der Waals surface area (Å²) in [4.78, 5) is 13.9. The first-order valence-electron chi connectivity index (χ1n) is 7.41. The highest BCUT2D eigenvalue weighted by molar-refractivity contribution is 5.96. The maximum atomic E-state index is 12.4. The van der Waals surface area contributed by atoms with E-state index in [1.165, 1.54) is 4.90 Å². The number of para-hydroxylation sites is 2. The number of benzene rings is 2. The molecule has 0 aromatic heterocycles. The Labute approximate surface area is 138 Å². The molecule has 2 aromatic rings. The molecule has 1 fully saturated rings. The number of carbonyl (C=O) groups is 1. The van der Waals surface area contributed by atoms with Crippen LogP contribution < -0.4 is 19.1 Å². The van der Waals surface area contributed by atoms with E-state index < -0.39 is 12.2 Å². The van der Waals surface area contributed by atoms with E-state index in [4.69, 9.17) is 18.9 Å². The van der Waals surface area contributed by atoms with Crippen LogP contribution in [0.25, 0.3) is 0 Å². The lowest BCUT2D eigenvalue weighted by molar-refractivity contribution is 0.147. The maximum absolute atomic E-state index is 12.4. The molecule has 0 radical (unpaired) electrons. The van der Waals surface area contributed by atoms with E-state index in [9.17, 15) is 4.79 Å². The summed E-state index contributed by atoms with van der Waals surface area (Å²) in [6, 6.07) is 12.7. The first kappa shape index (κ1) is 14.4. The van der Waals surface area contributed by atoms with Crippen molar-refractivity contribution < 1.29 is 23.7 Å². The zero-order valence-corrected chi connectivity index (χ0v) is 13.2. The van der Waals surface area contributed by atoms with Crippen LogP contribution in [0.3, 0.4) is 0 Å². The van der Waals surface area contributed by atoms with Crippen molar-refractivity contribution in [1.29, 1.82) is 0 Å². The predicted octanol–water partition coefficient (Wildman–Crippen LogP) is 3.64. The van der Waals surface area contributed by atoms with Gasteiger partial charge < -0.3 is 18.9 Å². The number of anilines is 1. The van der Waals surface area contributed by atoms with Crippen LogP contribution in [-0.4, -0.2) is 20.3 Å². The van der Waals surface area contributed by atoms with Gasteiger partial charge in [0, 0.05) is 5.56 Å². The summed E-state index contributed by atoms with van der Waals surface area (Å²) in [7, 11) is 3.14. The minimum Gasteiger partial charge on any atom is -0.493 e. The molecule has 0 aliphatic carbocycles. The molecule has 24 heavy (non-hydrogen) atoms. The zero-order valence-electron chi connectivity index (χ0n) is 13.2. The van der Waals surface area contributed by atoms with Gasteiger partial charge in [-0.05, 0) is 24.3 Å². The number of hydrogen-bond acceptors (Lipinski definition) is 5. The Morgan fingerprint density at radius 1 is 1.04 bits per heavy atom. The van der Waals surface area contributed by atoms with Crippen molar-refractivity contribution in [2.75, 3.05) is 19.1 Å². The number of rotatable bonds is 3. The van der Waals surface area contributed by atoms with Gasteiger partial charge in [0.15, 0.2) is 23.4 Å².